The van der Waals surface area contributed by atoms with Gasteiger partial charge in [-0.15, -0.1) is 0 Å². The first kappa shape index (κ1) is 11.4. The molecule has 0 aliphatic rings. The van der Waals surface area contributed by atoms with E-state index in [9.17, 15) is 4.79 Å². The van der Waals surface area contributed by atoms with E-state index in [-0.39, 0.29) is 5.56 Å². The Labute approximate surface area is 90.7 Å². The molecule has 0 radical (unpaired) electrons. The van der Waals surface area contributed by atoms with Crippen molar-refractivity contribution < 1.29 is 5.11 Å². The number of aromatic nitrogens is 2. The number of nitrogens with zero attached hydrogens (tertiary/aromatic N) is 2. The van der Waals surface area contributed by atoms with E-state index in [1.165, 1.54) is 6.20 Å². The average molecular weight is 261 g/mol. The normalized spacial score (nSPS) is 12.9. The van der Waals surface area contributed by atoms with Gasteiger partial charge in [-0.1, -0.05) is 0 Å². The van der Waals surface area contributed by atoms with Gasteiger partial charge in [0.15, 0.2) is 0 Å². The highest BCUT2D eigenvalue weighted by molar-refractivity contribution is 9.10. The topological polar surface area (TPSA) is 55.1 Å². The Kier molecular flexibility index (Phi) is 3.83. The summed E-state index contributed by atoms with van der Waals surface area (Å²) in [5, 5.41) is 9.12. The molecule has 0 aromatic carbocycles. The average Bonchev–Trinajstić information content (AvgIpc) is 2.11. The molecule has 1 rings (SSSR count). The number of aryl methyl sites for hydroxylation is 1. The third kappa shape index (κ3) is 2.65. The molecule has 1 aromatic rings. The molecular weight excluding hydrogens is 248 g/mol. The lowest BCUT2D eigenvalue weighted by Crippen LogP contribution is -2.25. The van der Waals surface area contributed by atoms with E-state index in [1.54, 1.807) is 18.4 Å². The van der Waals surface area contributed by atoms with Crippen molar-refractivity contribution in [2.24, 2.45) is 0 Å². The van der Waals surface area contributed by atoms with Crippen molar-refractivity contribution >= 4 is 15.9 Å². The molecule has 0 spiro atoms. The molecule has 78 valence electrons. The first-order valence-corrected chi connectivity index (χ1v) is 5.21. The number of halogens is 1. The number of aliphatic hydroxyl groups excluding tert-OH is 1. The Balaban J connectivity index is 2.95. The predicted molar refractivity (Wildman–Crippen MR) is 57.2 cm³/mol. The van der Waals surface area contributed by atoms with E-state index < -0.39 is 6.10 Å². The standard InChI is InChI=1S/C9H13BrN2O2/c1-6(13)3-4-12-7(2)11-5-8(10)9(12)14/h5-6,13H,3-4H2,1-2H3. The summed E-state index contributed by atoms with van der Waals surface area (Å²) in [6, 6.07) is 0. The summed E-state index contributed by atoms with van der Waals surface area (Å²) in [6.07, 6.45) is 1.65. The zero-order chi connectivity index (χ0) is 10.7. The van der Waals surface area contributed by atoms with E-state index in [0.29, 0.717) is 23.3 Å². The van der Waals surface area contributed by atoms with Gasteiger partial charge in [0.05, 0.1) is 6.10 Å². The van der Waals surface area contributed by atoms with E-state index in [4.69, 9.17) is 5.11 Å². The maximum atomic E-state index is 11.6. The highest BCUT2D eigenvalue weighted by Gasteiger charge is 2.06. The SMILES string of the molecule is Cc1ncc(Br)c(=O)n1CCC(C)O. The van der Waals surface area contributed by atoms with Gasteiger partial charge in [-0.05, 0) is 36.2 Å². The maximum Gasteiger partial charge on any atom is 0.267 e. The van der Waals surface area contributed by atoms with Gasteiger partial charge < -0.3 is 5.11 Å². The fourth-order valence-electron chi connectivity index (χ4n) is 1.13. The first-order valence-electron chi connectivity index (χ1n) is 4.42. The molecular formula is C9H13BrN2O2. The maximum absolute atomic E-state index is 11.6. The Bertz CT molecular complexity index is 374. The lowest BCUT2D eigenvalue weighted by Gasteiger charge is -2.10. The monoisotopic (exact) mass is 260 g/mol. The van der Waals surface area contributed by atoms with Gasteiger partial charge in [-0.25, -0.2) is 4.98 Å². The van der Waals surface area contributed by atoms with E-state index >= 15 is 0 Å². The third-order valence-corrected chi connectivity index (χ3v) is 2.52. The molecule has 14 heavy (non-hydrogen) atoms. The van der Waals surface area contributed by atoms with E-state index in [2.05, 4.69) is 20.9 Å². The summed E-state index contributed by atoms with van der Waals surface area (Å²) in [5.41, 5.74) is -0.0989. The summed E-state index contributed by atoms with van der Waals surface area (Å²) >= 11 is 3.13. The molecule has 4 nitrogen and oxygen atoms in total. The Morgan fingerprint density at radius 2 is 2.36 bits per heavy atom. The minimum Gasteiger partial charge on any atom is -0.393 e. The third-order valence-electron chi connectivity index (χ3n) is 1.98. The van der Waals surface area contributed by atoms with Gasteiger partial charge in [0.2, 0.25) is 0 Å². The summed E-state index contributed by atoms with van der Waals surface area (Å²) < 4.78 is 2.00. The number of aliphatic hydroxyl groups is 1. The molecule has 1 N–H and O–H groups in total. The second kappa shape index (κ2) is 4.70. The molecule has 1 heterocycles. The van der Waals surface area contributed by atoms with Crippen molar-refractivity contribution in [1.29, 1.82) is 0 Å². The van der Waals surface area contributed by atoms with Crippen LogP contribution in [0.15, 0.2) is 15.5 Å². The number of hydrogen-bond donors (Lipinski definition) is 1. The molecule has 0 aliphatic carbocycles. The molecule has 0 fully saturated rings. The predicted octanol–water partition coefficient (Wildman–Crippen LogP) is 1.09. The molecule has 1 unspecified atom stereocenters. The number of rotatable bonds is 3. The number of hydrogen-bond acceptors (Lipinski definition) is 3. The van der Waals surface area contributed by atoms with Crippen LogP contribution in [0.25, 0.3) is 0 Å². The summed E-state index contributed by atoms with van der Waals surface area (Å²) in [7, 11) is 0. The largest absolute Gasteiger partial charge is 0.393 e. The van der Waals surface area contributed by atoms with Crippen molar-refractivity contribution in [3.63, 3.8) is 0 Å². The fraction of sp³-hybridized carbons (Fsp3) is 0.556. The molecule has 1 atom stereocenters. The molecule has 0 amide bonds. The summed E-state index contributed by atoms with van der Waals surface area (Å²) in [4.78, 5) is 15.6. The fourth-order valence-corrected chi connectivity index (χ4v) is 1.45. The second-order valence-electron chi connectivity index (χ2n) is 3.25. The van der Waals surface area contributed by atoms with Crippen LogP contribution in [0.5, 0.6) is 0 Å². The van der Waals surface area contributed by atoms with Crippen LogP contribution in [0.1, 0.15) is 19.2 Å². The summed E-state index contributed by atoms with van der Waals surface area (Å²) in [6.45, 7) is 3.97. The van der Waals surface area contributed by atoms with Gasteiger partial charge in [-0.3, -0.25) is 9.36 Å². The van der Waals surface area contributed by atoms with Crippen LogP contribution in [-0.2, 0) is 6.54 Å². The molecule has 0 bridgehead atoms. The van der Waals surface area contributed by atoms with Crippen LogP contribution in [0.2, 0.25) is 0 Å². The lowest BCUT2D eigenvalue weighted by molar-refractivity contribution is 0.177. The van der Waals surface area contributed by atoms with Gasteiger partial charge in [0, 0.05) is 12.7 Å². The van der Waals surface area contributed by atoms with E-state index in [0.717, 1.165) is 0 Å². The Morgan fingerprint density at radius 3 is 2.93 bits per heavy atom. The van der Waals surface area contributed by atoms with Crippen molar-refractivity contribution in [2.45, 2.75) is 32.9 Å². The zero-order valence-corrected chi connectivity index (χ0v) is 9.78. The zero-order valence-electron chi connectivity index (χ0n) is 8.20. The highest BCUT2D eigenvalue weighted by Crippen LogP contribution is 2.03. The van der Waals surface area contributed by atoms with Gasteiger partial charge in [0.25, 0.3) is 5.56 Å². The van der Waals surface area contributed by atoms with Gasteiger partial charge in [0.1, 0.15) is 10.3 Å². The van der Waals surface area contributed by atoms with Crippen molar-refractivity contribution in [1.82, 2.24) is 9.55 Å². The molecule has 0 saturated carbocycles. The first-order chi connectivity index (χ1) is 6.52. The van der Waals surface area contributed by atoms with Crippen LogP contribution in [-0.4, -0.2) is 20.8 Å². The molecule has 0 saturated heterocycles. The smallest absolute Gasteiger partial charge is 0.267 e. The minimum absolute atomic E-state index is 0.0989. The summed E-state index contributed by atoms with van der Waals surface area (Å²) in [5.74, 6) is 0.666. The Morgan fingerprint density at radius 1 is 1.71 bits per heavy atom. The minimum atomic E-state index is -0.403. The van der Waals surface area contributed by atoms with Crippen LogP contribution in [0.4, 0.5) is 0 Å². The van der Waals surface area contributed by atoms with Crippen molar-refractivity contribution in [3.05, 3.63) is 26.8 Å². The van der Waals surface area contributed by atoms with Crippen LogP contribution >= 0.6 is 15.9 Å². The van der Waals surface area contributed by atoms with Gasteiger partial charge >= 0.3 is 0 Å². The van der Waals surface area contributed by atoms with Crippen LogP contribution in [0, 0.1) is 6.92 Å². The van der Waals surface area contributed by atoms with Crippen molar-refractivity contribution in [2.75, 3.05) is 0 Å². The molecule has 5 heteroatoms. The van der Waals surface area contributed by atoms with Gasteiger partial charge in [-0.2, -0.15) is 0 Å². The van der Waals surface area contributed by atoms with E-state index in [1.807, 2.05) is 0 Å². The van der Waals surface area contributed by atoms with Crippen LogP contribution in [0.3, 0.4) is 0 Å². The quantitative estimate of drug-likeness (QED) is 0.885. The van der Waals surface area contributed by atoms with Crippen LogP contribution < -0.4 is 5.56 Å². The molecule has 1 aromatic heterocycles. The van der Waals surface area contributed by atoms with Crippen molar-refractivity contribution in [3.8, 4) is 0 Å². The lowest BCUT2D eigenvalue weighted by atomic mass is 10.3. The Hall–Kier alpha value is -0.680. The molecule has 0 aliphatic heterocycles. The highest BCUT2D eigenvalue weighted by atomic mass is 79.9. The second-order valence-corrected chi connectivity index (χ2v) is 4.10.